The van der Waals surface area contributed by atoms with E-state index in [1.54, 1.807) is 6.08 Å². The molecule has 0 aliphatic carbocycles. The third-order valence-corrected chi connectivity index (χ3v) is 0.236. The molecule has 1 radical (unpaired) electrons. The minimum absolute atomic E-state index is 1.75. The van der Waals surface area contributed by atoms with E-state index in [1.807, 2.05) is 13.0 Å². The Kier molecular flexibility index (Phi) is 2.56. The van der Waals surface area contributed by atoms with Crippen LogP contribution in [0.15, 0.2) is 12.2 Å². The van der Waals surface area contributed by atoms with Gasteiger partial charge in [-0.15, -0.1) is 0 Å². The Hall–Kier alpha value is -0.260. The van der Waals surface area contributed by atoms with Crippen molar-refractivity contribution in [1.29, 1.82) is 0 Å². The van der Waals surface area contributed by atoms with Gasteiger partial charge < -0.3 is 0 Å². The van der Waals surface area contributed by atoms with E-state index in [2.05, 4.69) is 6.92 Å². The number of allylic oxidation sites excluding steroid dienone is 2. The van der Waals surface area contributed by atoms with Crippen molar-refractivity contribution in [3.05, 3.63) is 19.1 Å². The van der Waals surface area contributed by atoms with Crippen LogP contribution < -0.4 is 0 Å². The largest absolute Gasteiger partial charge is 0.0917 e. The number of rotatable bonds is 0. The van der Waals surface area contributed by atoms with Crippen molar-refractivity contribution >= 4 is 0 Å². The van der Waals surface area contributed by atoms with Crippen LogP contribution in [0.2, 0.25) is 0 Å². The first kappa shape index (κ1) is 3.74. The molecule has 0 aromatic carbocycles. The van der Waals surface area contributed by atoms with E-state index in [0.29, 0.717) is 0 Å². The van der Waals surface area contributed by atoms with Gasteiger partial charge in [0.1, 0.15) is 0 Å². The quantitative estimate of drug-likeness (QED) is 0.393. The molecule has 0 atom stereocenters. The molecule has 0 fully saturated rings. The Bertz CT molecular complexity index is 15.2. The number of hydrogen-bond acceptors (Lipinski definition) is 0. The van der Waals surface area contributed by atoms with Crippen molar-refractivity contribution in [2.75, 3.05) is 0 Å². The lowest BCUT2D eigenvalue weighted by Gasteiger charge is -1.49. The minimum Gasteiger partial charge on any atom is -0.0917 e. The molecule has 0 N–H and O–H groups in total. The molecule has 0 spiro atoms. The Labute approximate surface area is 27.1 Å². The van der Waals surface area contributed by atoms with E-state index in [1.165, 1.54) is 0 Å². The topological polar surface area (TPSA) is 0 Å². The van der Waals surface area contributed by atoms with Crippen molar-refractivity contribution in [2.24, 2.45) is 0 Å². The standard InChI is InChI=1S/C4H7/c1-3-4-2/h3-4H,1H2,2H3/b4-3-. The van der Waals surface area contributed by atoms with Crippen molar-refractivity contribution in [1.82, 2.24) is 0 Å². The molecule has 23 valence electrons. The molecule has 4 heavy (non-hydrogen) atoms. The molecule has 0 aliphatic rings. The molecular formula is C4H7. The molecule has 0 heterocycles. The van der Waals surface area contributed by atoms with Crippen LogP contribution >= 0.6 is 0 Å². The van der Waals surface area contributed by atoms with E-state index < -0.39 is 0 Å². The van der Waals surface area contributed by atoms with E-state index in [-0.39, 0.29) is 0 Å². The highest BCUT2D eigenvalue weighted by molar-refractivity contribution is 4.78. The fourth-order valence-corrected chi connectivity index (χ4v) is 0. The summed E-state index contributed by atoms with van der Waals surface area (Å²) < 4.78 is 0. The smallest absolute Gasteiger partial charge is 0.0316 e. The summed E-state index contributed by atoms with van der Waals surface area (Å²) in [5, 5.41) is 0. The summed E-state index contributed by atoms with van der Waals surface area (Å²) in [6, 6.07) is 0. The summed E-state index contributed by atoms with van der Waals surface area (Å²) in [5.41, 5.74) is 0. The van der Waals surface area contributed by atoms with Gasteiger partial charge in [0.25, 0.3) is 0 Å². The van der Waals surface area contributed by atoms with Crippen LogP contribution in [0.25, 0.3) is 0 Å². The van der Waals surface area contributed by atoms with E-state index in [0.717, 1.165) is 0 Å². The van der Waals surface area contributed by atoms with Crippen LogP contribution in [-0.4, -0.2) is 0 Å². The van der Waals surface area contributed by atoms with Crippen LogP contribution in [0.4, 0.5) is 0 Å². The first-order valence-corrected chi connectivity index (χ1v) is 1.32. The average Bonchev–Trinajstić information content (AvgIpc) is 1.37. The zero-order valence-corrected chi connectivity index (χ0v) is 2.86. The first-order valence-electron chi connectivity index (χ1n) is 1.32. The normalized spacial score (nSPS) is 9.50. The van der Waals surface area contributed by atoms with Gasteiger partial charge in [0.2, 0.25) is 0 Å². The fourth-order valence-electron chi connectivity index (χ4n) is 0. The van der Waals surface area contributed by atoms with Gasteiger partial charge >= 0.3 is 0 Å². The Morgan fingerprint density at radius 1 is 1.75 bits per heavy atom. The fraction of sp³-hybridized carbons (Fsp3) is 0.250. The average molecular weight is 55.1 g/mol. The second-order valence-corrected chi connectivity index (χ2v) is 0.569. The summed E-state index contributed by atoms with van der Waals surface area (Å²) >= 11 is 0. The van der Waals surface area contributed by atoms with Crippen LogP contribution in [0.1, 0.15) is 6.92 Å². The molecule has 0 aromatic rings. The maximum atomic E-state index is 3.42. The second-order valence-electron chi connectivity index (χ2n) is 0.569. The molecule has 0 bridgehead atoms. The minimum atomic E-state index is 1.75. The highest BCUT2D eigenvalue weighted by Crippen LogP contribution is 1.56. The van der Waals surface area contributed by atoms with Crippen molar-refractivity contribution in [3.63, 3.8) is 0 Å². The highest BCUT2D eigenvalue weighted by Gasteiger charge is 1.34. The summed E-state index contributed by atoms with van der Waals surface area (Å²) in [6.45, 7) is 5.36. The molecule has 0 aliphatic heterocycles. The van der Waals surface area contributed by atoms with Gasteiger partial charge in [-0.25, -0.2) is 0 Å². The maximum absolute atomic E-state index is 3.42. The molecular weight excluding hydrogens is 48.0 g/mol. The second kappa shape index (κ2) is 2.74. The van der Waals surface area contributed by atoms with Gasteiger partial charge in [-0.1, -0.05) is 12.2 Å². The van der Waals surface area contributed by atoms with E-state index in [4.69, 9.17) is 0 Å². The van der Waals surface area contributed by atoms with Gasteiger partial charge in [0.15, 0.2) is 0 Å². The van der Waals surface area contributed by atoms with Crippen LogP contribution in [0, 0.1) is 6.92 Å². The predicted molar refractivity (Wildman–Crippen MR) is 20.2 cm³/mol. The lowest BCUT2D eigenvalue weighted by atomic mass is 10.6. The van der Waals surface area contributed by atoms with Crippen molar-refractivity contribution < 1.29 is 0 Å². The van der Waals surface area contributed by atoms with Gasteiger partial charge in [0, 0.05) is 0 Å². The van der Waals surface area contributed by atoms with Gasteiger partial charge in [-0.2, -0.15) is 0 Å². The number of hydrogen-bond donors (Lipinski definition) is 0. The zero-order chi connectivity index (χ0) is 3.41. The van der Waals surface area contributed by atoms with Crippen molar-refractivity contribution in [2.45, 2.75) is 6.92 Å². The zero-order valence-electron chi connectivity index (χ0n) is 2.86. The van der Waals surface area contributed by atoms with Gasteiger partial charge in [0.05, 0.1) is 0 Å². The Morgan fingerprint density at radius 3 is 2.00 bits per heavy atom. The predicted octanol–water partition coefficient (Wildman–Crippen LogP) is 1.40. The lowest BCUT2D eigenvalue weighted by molar-refractivity contribution is 1.74. The summed E-state index contributed by atoms with van der Waals surface area (Å²) in [6.07, 6.45) is 3.64. The lowest BCUT2D eigenvalue weighted by Crippen LogP contribution is -1.27. The van der Waals surface area contributed by atoms with E-state index in [9.17, 15) is 0 Å². The summed E-state index contributed by atoms with van der Waals surface area (Å²) in [7, 11) is 0. The molecule has 0 saturated heterocycles. The Morgan fingerprint density at radius 2 is 2.00 bits per heavy atom. The molecule has 0 unspecified atom stereocenters. The SMILES string of the molecule is [CH2]/C=C\C. The monoisotopic (exact) mass is 55.1 g/mol. The van der Waals surface area contributed by atoms with E-state index >= 15 is 0 Å². The molecule has 0 amide bonds. The van der Waals surface area contributed by atoms with Gasteiger partial charge in [-0.05, 0) is 13.8 Å². The molecule has 0 saturated carbocycles. The summed E-state index contributed by atoms with van der Waals surface area (Å²) in [5.74, 6) is 0. The summed E-state index contributed by atoms with van der Waals surface area (Å²) in [4.78, 5) is 0. The first-order chi connectivity index (χ1) is 1.91. The molecule has 0 heteroatoms. The van der Waals surface area contributed by atoms with Crippen LogP contribution in [0.5, 0.6) is 0 Å². The maximum Gasteiger partial charge on any atom is -0.0316 e. The third-order valence-electron chi connectivity index (χ3n) is 0.236. The molecule has 0 aromatic heterocycles. The van der Waals surface area contributed by atoms with Gasteiger partial charge in [-0.3, -0.25) is 0 Å². The van der Waals surface area contributed by atoms with Crippen LogP contribution in [0.3, 0.4) is 0 Å². The highest BCUT2D eigenvalue weighted by atomic mass is 13.4. The van der Waals surface area contributed by atoms with Crippen LogP contribution in [-0.2, 0) is 0 Å². The molecule has 0 rings (SSSR count). The van der Waals surface area contributed by atoms with Crippen molar-refractivity contribution in [3.8, 4) is 0 Å². The third kappa shape index (κ3) is 1.74. The Balaban J connectivity index is 2.55. The molecule has 0 nitrogen and oxygen atoms in total.